The van der Waals surface area contributed by atoms with Gasteiger partial charge in [-0.1, -0.05) is 6.92 Å². The fourth-order valence-corrected chi connectivity index (χ4v) is 1.38. The normalized spacial score (nSPS) is 9.62. The van der Waals surface area contributed by atoms with Crippen LogP contribution in [0.1, 0.15) is 34.2 Å². The Balaban J connectivity index is 3.37. The van der Waals surface area contributed by atoms with Gasteiger partial charge < -0.3 is 10.1 Å². The number of nitriles is 1. The molecular formula is C9H10N2O2. The Morgan fingerprint density at radius 1 is 1.69 bits per heavy atom. The highest BCUT2D eigenvalue weighted by atomic mass is 16.4. The summed E-state index contributed by atoms with van der Waals surface area (Å²) in [5, 5.41) is 17.4. The molecule has 4 heteroatoms. The summed E-state index contributed by atoms with van der Waals surface area (Å²) in [6.45, 7) is 3.60. The average molecular weight is 178 g/mol. The molecule has 13 heavy (non-hydrogen) atoms. The molecule has 0 spiro atoms. The Labute approximate surface area is 75.8 Å². The number of hydrogen-bond acceptors (Lipinski definition) is 2. The number of nitrogens with one attached hydrogen (secondary N) is 1. The first-order valence-electron chi connectivity index (χ1n) is 3.96. The summed E-state index contributed by atoms with van der Waals surface area (Å²) < 4.78 is 0. The fraction of sp³-hybridized carbons (Fsp3) is 0.333. The first-order valence-corrected chi connectivity index (χ1v) is 3.96. The van der Waals surface area contributed by atoms with Crippen LogP contribution in [-0.4, -0.2) is 16.1 Å². The third-order valence-electron chi connectivity index (χ3n) is 2.06. The Kier molecular flexibility index (Phi) is 2.38. The zero-order valence-corrected chi connectivity index (χ0v) is 7.51. The molecule has 1 heterocycles. The van der Waals surface area contributed by atoms with E-state index in [1.54, 1.807) is 6.92 Å². The number of nitrogens with zero attached hydrogens (tertiary/aromatic N) is 1. The van der Waals surface area contributed by atoms with Gasteiger partial charge in [-0.2, -0.15) is 5.26 Å². The Bertz CT molecular complexity index is 385. The van der Waals surface area contributed by atoms with Gasteiger partial charge in [-0.3, -0.25) is 0 Å². The van der Waals surface area contributed by atoms with Crippen LogP contribution < -0.4 is 0 Å². The standard InChI is InChI=1S/C9H10N2O2/c1-3-6-5(2)8(9(12)13)11-7(6)4-10/h11H,3H2,1-2H3,(H,12,13). The van der Waals surface area contributed by atoms with Crippen LogP contribution in [0.4, 0.5) is 0 Å². The van der Waals surface area contributed by atoms with Gasteiger partial charge in [0.05, 0.1) is 0 Å². The fourth-order valence-electron chi connectivity index (χ4n) is 1.38. The predicted molar refractivity (Wildman–Crippen MR) is 46.6 cm³/mol. The minimum atomic E-state index is -1.02. The SMILES string of the molecule is CCc1c(C#N)[nH]c(C(=O)O)c1C. The van der Waals surface area contributed by atoms with Crippen molar-refractivity contribution in [2.24, 2.45) is 0 Å². The van der Waals surface area contributed by atoms with E-state index in [2.05, 4.69) is 4.98 Å². The van der Waals surface area contributed by atoms with Crippen molar-refractivity contribution in [2.45, 2.75) is 20.3 Å². The molecule has 0 aliphatic rings. The van der Waals surface area contributed by atoms with E-state index < -0.39 is 5.97 Å². The summed E-state index contributed by atoms with van der Waals surface area (Å²) in [5.41, 5.74) is 1.93. The van der Waals surface area contributed by atoms with Crippen LogP contribution in [0, 0.1) is 18.3 Å². The molecular weight excluding hydrogens is 168 g/mol. The number of aromatic amines is 1. The third-order valence-corrected chi connectivity index (χ3v) is 2.06. The summed E-state index contributed by atoms with van der Waals surface area (Å²) in [5.74, 6) is -1.02. The maximum Gasteiger partial charge on any atom is 0.352 e. The summed E-state index contributed by atoms with van der Waals surface area (Å²) >= 11 is 0. The van der Waals surface area contributed by atoms with Crippen molar-refractivity contribution in [1.29, 1.82) is 5.26 Å². The van der Waals surface area contributed by atoms with Crippen LogP contribution in [0.15, 0.2) is 0 Å². The van der Waals surface area contributed by atoms with Crippen molar-refractivity contribution in [3.8, 4) is 6.07 Å². The topological polar surface area (TPSA) is 76.9 Å². The summed E-state index contributed by atoms with van der Waals surface area (Å²) in [6.07, 6.45) is 0.665. The first kappa shape index (κ1) is 9.33. The van der Waals surface area contributed by atoms with Gasteiger partial charge in [-0.15, -0.1) is 0 Å². The highest BCUT2D eigenvalue weighted by Crippen LogP contribution is 2.18. The molecule has 1 rings (SSSR count). The highest BCUT2D eigenvalue weighted by molar-refractivity contribution is 5.88. The largest absolute Gasteiger partial charge is 0.477 e. The lowest BCUT2D eigenvalue weighted by Crippen LogP contribution is -1.98. The van der Waals surface area contributed by atoms with Gasteiger partial charge in [0.2, 0.25) is 0 Å². The number of carbonyl (C=O) groups is 1. The smallest absolute Gasteiger partial charge is 0.352 e. The number of aromatic carboxylic acids is 1. The molecule has 1 aromatic heterocycles. The van der Waals surface area contributed by atoms with Crippen LogP contribution in [0.5, 0.6) is 0 Å². The van der Waals surface area contributed by atoms with Gasteiger partial charge in [-0.05, 0) is 24.5 Å². The minimum absolute atomic E-state index is 0.119. The van der Waals surface area contributed by atoms with Crippen molar-refractivity contribution >= 4 is 5.97 Å². The molecule has 0 aromatic carbocycles. The van der Waals surface area contributed by atoms with E-state index in [9.17, 15) is 4.79 Å². The zero-order chi connectivity index (χ0) is 10.0. The van der Waals surface area contributed by atoms with Crippen molar-refractivity contribution < 1.29 is 9.90 Å². The van der Waals surface area contributed by atoms with Crippen molar-refractivity contribution in [3.63, 3.8) is 0 Å². The molecule has 0 saturated carbocycles. The van der Waals surface area contributed by atoms with Gasteiger partial charge in [0, 0.05) is 0 Å². The summed E-state index contributed by atoms with van der Waals surface area (Å²) in [7, 11) is 0. The summed E-state index contributed by atoms with van der Waals surface area (Å²) in [6, 6.07) is 1.94. The van der Waals surface area contributed by atoms with E-state index in [1.807, 2.05) is 13.0 Å². The van der Waals surface area contributed by atoms with E-state index in [4.69, 9.17) is 10.4 Å². The quantitative estimate of drug-likeness (QED) is 0.719. The number of carboxylic acid groups (broad SMARTS) is 1. The summed E-state index contributed by atoms with van der Waals surface area (Å²) in [4.78, 5) is 13.3. The van der Waals surface area contributed by atoms with Crippen molar-refractivity contribution in [1.82, 2.24) is 4.98 Å². The second-order valence-corrected chi connectivity index (χ2v) is 2.75. The maximum absolute atomic E-state index is 10.7. The van der Waals surface area contributed by atoms with Gasteiger partial charge in [-0.25, -0.2) is 4.79 Å². The number of rotatable bonds is 2. The van der Waals surface area contributed by atoms with Crippen LogP contribution in [-0.2, 0) is 6.42 Å². The van der Waals surface area contributed by atoms with E-state index in [1.165, 1.54) is 0 Å². The minimum Gasteiger partial charge on any atom is -0.477 e. The number of hydrogen-bond donors (Lipinski definition) is 2. The van der Waals surface area contributed by atoms with Gasteiger partial charge in [0.15, 0.2) is 0 Å². The van der Waals surface area contributed by atoms with Crippen LogP contribution >= 0.6 is 0 Å². The van der Waals surface area contributed by atoms with Gasteiger partial charge >= 0.3 is 5.97 Å². The molecule has 0 unspecified atom stereocenters. The third kappa shape index (κ3) is 1.41. The Morgan fingerprint density at radius 3 is 2.62 bits per heavy atom. The molecule has 1 aromatic rings. The van der Waals surface area contributed by atoms with Crippen molar-refractivity contribution in [3.05, 3.63) is 22.5 Å². The number of aromatic nitrogens is 1. The second kappa shape index (κ2) is 3.31. The van der Waals surface area contributed by atoms with E-state index in [-0.39, 0.29) is 5.69 Å². The molecule has 0 fully saturated rings. The monoisotopic (exact) mass is 178 g/mol. The number of carboxylic acids is 1. The second-order valence-electron chi connectivity index (χ2n) is 2.75. The van der Waals surface area contributed by atoms with Crippen LogP contribution in [0.25, 0.3) is 0 Å². The Hall–Kier alpha value is -1.76. The molecule has 0 aliphatic carbocycles. The number of H-pyrrole nitrogens is 1. The zero-order valence-electron chi connectivity index (χ0n) is 7.51. The van der Waals surface area contributed by atoms with Gasteiger partial charge in [0.1, 0.15) is 17.5 Å². The molecule has 0 amide bonds. The van der Waals surface area contributed by atoms with E-state index >= 15 is 0 Å². The molecule has 4 nitrogen and oxygen atoms in total. The molecule has 0 atom stereocenters. The maximum atomic E-state index is 10.7. The highest BCUT2D eigenvalue weighted by Gasteiger charge is 2.16. The van der Waals surface area contributed by atoms with Crippen LogP contribution in [0.3, 0.4) is 0 Å². The molecule has 0 aliphatic heterocycles. The molecule has 0 radical (unpaired) electrons. The molecule has 0 saturated heterocycles. The first-order chi connectivity index (χ1) is 6.11. The van der Waals surface area contributed by atoms with Gasteiger partial charge in [0.25, 0.3) is 0 Å². The lowest BCUT2D eigenvalue weighted by molar-refractivity contribution is 0.0690. The average Bonchev–Trinajstić information content (AvgIpc) is 2.41. The molecule has 0 bridgehead atoms. The van der Waals surface area contributed by atoms with Crippen LogP contribution in [0.2, 0.25) is 0 Å². The molecule has 68 valence electrons. The lowest BCUT2D eigenvalue weighted by atomic mass is 10.1. The van der Waals surface area contributed by atoms with Crippen molar-refractivity contribution in [2.75, 3.05) is 0 Å². The molecule has 2 N–H and O–H groups in total. The van der Waals surface area contributed by atoms with E-state index in [0.29, 0.717) is 17.7 Å². The van der Waals surface area contributed by atoms with E-state index in [0.717, 1.165) is 5.56 Å². The predicted octanol–water partition coefficient (Wildman–Crippen LogP) is 1.46. The Morgan fingerprint density at radius 2 is 2.31 bits per heavy atom. The lowest BCUT2D eigenvalue weighted by Gasteiger charge is -1.93.